The highest BCUT2D eigenvalue weighted by atomic mass is 19.1. The molecule has 0 saturated carbocycles. The summed E-state index contributed by atoms with van der Waals surface area (Å²) < 4.78 is 12.6. The summed E-state index contributed by atoms with van der Waals surface area (Å²) in [6.07, 6.45) is 4.07. The molecule has 98 valence electrons. The molecule has 0 unspecified atom stereocenters. The quantitative estimate of drug-likeness (QED) is 0.842. The predicted molar refractivity (Wildman–Crippen MR) is 70.1 cm³/mol. The third kappa shape index (κ3) is 2.14. The summed E-state index contributed by atoms with van der Waals surface area (Å²) in [6.45, 7) is 1.13. The van der Waals surface area contributed by atoms with Gasteiger partial charge in [0.15, 0.2) is 6.19 Å². The van der Waals surface area contributed by atoms with Crippen LogP contribution in [0.15, 0.2) is 18.2 Å². The number of piperidine rings is 1. The van der Waals surface area contributed by atoms with Crippen LogP contribution in [0.5, 0.6) is 0 Å². The second-order valence-electron chi connectivity index (χ2n) is 4.98. The summed E-state index contributed by atoms with van der Waals surface area (Å²) in [5, 5.41) is 17.3. The summed E-state index contributed by atoms with van der Waals surface area (Å²) in [6, 6.07) is 5.57. The normalized spacial score (nSPS) is 16.7. The molecule has 4 nitrogen and oxygen atoms in total. The standard InChI is InChI=1S/C14H15FN4/c15-8-10-1-2-12-13(7-10)17-18-14(12)11-3-5-19(9-16)6-4-11/h1-2,7,11H,3-6,8H2,(H,17,18). The van der Waals surface area contributed by atoms with Gasteiger partial charge in [-0.05, 0) is 24.5 Å². The number of fused-ring (bicyclic) bond motifs is 1. The summed E-state index contributed by atoms with van der Waals surface area (Å²) in [4.78, 5) is 1.78. The summed E-state index contributed by atoms with van der Waals surface area (Å²) >= 11 is 0. The highest BCUT2D eigenvalue weighted by Crippen LogP contribution is 2.31. The molecular formula is C14H15FN4. The number of nitrogens with zero attached hydrogens (tertiary/aromatic N) is 3. The Bertz CT molecular complexity index is 620. The van der Waals surface area contributed by atoms with Crippen molar-refractivity contribution in [1.29, 1.82) is 5.26 Å². The highest BCUT2D eigenvalue weighted by molar-refractivity contribution is 5.82. The number of aromatic amines is 1. The van der Waals surface area contributed by atoms with Crippen LogP contribution in [0, 0.1) is 11.5 Å². The number of nitrogens with one attached hydrogen (secondary N) is 1. The molecule has 3 rings (SSSR count). The monoisotopic (exact) mass is 258 g/mol. The Balaban J connectivity index is 1.88. The maximum atomic E-state index is 12.6. The molecule has 0 spiro atoms. The fourth-order valence-electron chi connectivity index (χ4n) is 2.74. The zero-order valence-corrected chi connectivity index (χ0v) is 10.6. The van der Waals surface area contributed by atoms with Gasteiger partial charge >= 0.3 is 0 Å². The Morgan fingerprint density at radius 3 is 2.89 bits per heavy atom. The van der Waals surface area contributed by atoms with E-state index in [1.54, 1.807) is 4.90 Å². The van der Waals surface area contributed by atoms with E-state index in [0.29, 0.717) is 11.5 Å². The molecule has 1 aliphatic heterocycles. The summed E-state index contributed by atoms with van der Waals surface area (Å²) in [5.74, 6) is 0.384. The van der Waals surface area contributed by atoms with Crippen LogP contribution in [0.3, 0.4) is 0 Å². The maximum Gasteiger partial charge on any atom is 0.179 e. The molecule has 2 aromatic rings. The van der Waals surface area contributed by atoms with Crippen LogP contribution in [0.2, 0.25) is 0 Å². The number of hydrogen-bond acceptors (Lipinski definition) is 3. The first-order valence-electron chi connectivity index (χ1n) is 6.49. The molecular weight excluding hydrogens is 243 g/mol. The van der Waals surface area contributed by atoms with Gasteiger partial charge in [0.1, 0.15) is 6.67 Å². The van der Waals surface area contributed by atoms with Gasteiger partial charge in [0.05, 0.1) is 11.2 Å². The van der Waals surface area contributed by atoms with E-state index in [0.717, 1.165) is 42.5 Å². The second-order valence-corrected chi connectivity index (χ2v) is 4.98. The van der Waals surface area contributed by atoms with Crippen LogP contribution in [-0.4, -0.2) is 28.2 Å². The van der Waals surface area contributed by atoms with E-state index in [4.69, 9.17) is 5.26 Å². The largest absolute Gasteiger partial charge is 0.311 e. The maximum absolute atomic E-state index is 12.6. The van der Waals surface area contributed by atoms with Gasteiger partial charge in [-0.2, -0.15) is 10.4 Å². The SMILES string of the molecule is N#CN1CCC(c2n[nH]c3cc(CF)ccc23)CC1. The van der Waals surface area contributed by atoms with Gasteiger partial charge in [-0.3, -0.25) is 5.10 Å². The van der Waals surface area contributed by atoms with E-state index in [1.807, 2.05) is 18.2 Å². The van der Waals surface area contributed by atoms with Crippen molar-refractivity contribution in [3.8, 4) is 6.19 Å². The van der Waals surface area contributed by atoms with Gasteiger partial charge in [0.2, 0.25) is 0 Å². The Labute approximate surface area is 110 Å². The Morgan fingerprint density at radius 1 is 1.42 bits per heavy atom. The van der Waals surface area contributed by atoms with Gasteiger partial charge in [0.25, 0.3) is 0 Å². The predicted octanol–water partition coefficient (Wildman–Crippen LogP) is 2.69. The lowest BCUT2D eigenvalue weighted by Crippen LogP contribution is -2.29. The molecule has 1 saturated heterocycles. The molecule has 1 aromatic heterocycles. The molecule has 19 heavy (non-hydrogen) atoms. The van der Waals surface area contributed by atoms with Gasteiger partial charge in [-0.15, -0.1) is 0 Å². The third-order valence-corrected chi connectivity index (χ3v) is 3.83. The van der Waals surface area contributed by atoms with Crippen LogP contribution in [-0.2, 0) is 6.67 Å². The Hall–Kier alpha value is -2.09. The van der Waals surface area contributed by atoms with Crippen molar-refractivity contribution >= 4 is 10.9 Å². The van der Waals surface area contributed by atoms with Crippen LogP contribution < -0.4 is 0 Å². The van der Waals surface area contributed by atoms with Gasteiger partial charge in [-0.1, -0.05) is 12.1 Å². The minimum absolute atomic E-state index is 0.384. The van der Waals surface area contributed by atoms with Crippen LogP contribution >= 0.6 is 0 Å². The van der Waals surface area contributed by atoms with E-state index >= 15 is 0 Å². The van der Waals surface area contributed by atoms with Crippen molar-refractivity contribution < 1.29 is 4.39 Å². The number of alkyl halides is 1. The first kappa shape index (κ1) is 12.0. The molecule has 0 aliphatic carbocycles. The topological polar surface area (TPSA) is 55.7 Å². The van der Waals surface area contributed by atoms with Crippen LogP contribution in [0.1, 0.15) is 30.0 Å². The molecule has 1 aliphatic rings. The first-order valence-corrected chi connectivity index (χ1v) is 6.49. The molecule has 0 amide bonds. The van der Waals surface area contributed by atoms with E-state index in [9.17, 15) is 4.39 Å². The number of nitriles is 1. The number of hydrogen-bond donors (Lipinski definition) is 1. The van der Waals surface area contributed by atoms with Crippen LogP contribution in [0.25, 0.3) is 10.9 Å². The molecule has 1 N–H and O–H groups in total. The molecule has 1 fully saturated rings. The molecule has 5 heteroatoms. The fourth-order valence-corrected chi connectivity index (χ4v) is 2.74. The van der Waals surface area contributed by atoms with Crippen molar-refractivity contribution in [3.05, 3.63) is 29.5 Å². The minimum atomic E-state index is -0.454. The van der Waals surface area contributed by atoms with Crippen LogP contribution in [0.4, 0.5) is 4.39 Å². The average Bonchev–Trinajstić information content (AvgIpc) is 2.90. The first-order chi connectivity index (χ1) is 9.31. The number of halogens is 1. The lowest BCUT2D eigenvalue weighted by Gasteiger charge is -2.27. The molecule has 1 aromatic carbocycles. The van der Waals surface area contributed by atoms with E-state index in [2.05, 4.69) is 16.4 Å². The lowest BCUT2D eigenvalue weighted by molar-refractivity contribution is 0.293. The van der Waals surface area contributed by atoms with Crippen molar-refractivity contribution in [2.24, 2.45) is 0 Å². The zero-order chi connectivity index (χ0) is 13.2. The second kappa shape index (κ2) is 4.88. The van der Waals surface area contributed by atoms with E-state index in [-0.39, 0.29) is 0 Å². The molecule has 0 bridgehead atoms. The van der Waals surface area contributed by atoms with Gasteiger partial charge in [-0.25, -0.2) is 4.39 Å². The minimum Gasteiger partial charge on any atom is -0.311 e. The highest BCUT2D eigenvalue weighted by Gasteiger charge is 2.23. The molecule has 0 atom stereocenters. The number of likely N-dealkylation sites (tertiary alicyclic amines) is 1. The number of rotatable bonds is 2. The third-order valence-electron chi connectivity index (χ3n) is 3.83. The summed E-state index contributed by atoms with van der Waals surface area (Å²) in [5.41, 5.74) is 2.62. The zero-order valence-electron chi connectivity index (χ0n) is 10.6. The van der Waals surface area contributed by atoms with Crippen molar-refractivity contribution in [2.45, 2.75) is 25.4 Å². The number of H-pyrrole nitrogens is 1. The van der Waals surface area contributed by atoms with Crippen molar-refractivity contribution in [1.82, 2.24) is 15.1 Å². The Kier molecular flexibility index (Phi) is 3.08. The van der Waals surface area contributed by atoms with E-state index in [1.165, 1.54) is 0 Å². The van der Waals surface area contributed by atoms with Gasteiger partial charge in [0, 0.05) is 24.4 Å². The number of benzene rings is 1. The van der Waals surface area contributed by atoms with Crippen molar-refractivity contribution in [3.63, 3.8) is 0 Å². The molecule has 2 heterocycles. The Morgan fingerprint density at radius 2 is 2.21 bits per heavy atom. The van der Waals surface area contributed by atoms with Crippen molar-refractivity contribution in [2.75, 3.05) is 13.1 Å². The smallest absolute Gasteiger partial charge is 0.179 e. The fraction of sp³-hybridized carbons (Fsp3) is 0.429. The van der Waals surface area contributed by atoms with Gasteiger partial charge < -0.3 is 4.90 Å². The van der Waals surface area contributed by atoms with E-state index < -0.39 is 6.67 Å². The average molecular weight is 258 g/mol. The summed E-state index contributed by atoms with van der Waals surface area (Å²) in [7, 11) is 0. The molecule has 0 radical (unpaired) electrons. The lowest BCUT2D eigenvalue weighted by atomic mass is 9.92. The number of aromatic nitrogens is 2.